The molecule has 2 aliphatic rings. The van der Waals surface area contributed by atoms with E-state index in [9.17, 15) is 0 Å². The number of benzene rings is 1. The molecule has 0 bridgehead atoms. The molecular formula is C18H26ClNO. The molecule has 1 aliphatic heterocycles. The van der Waals surface area contributed by atoms with Crippen molar-refractivity contribution in [2.75, 3.05) is 19.0 Å². The van der Waals surface area contributed by atoms with Crippen molar-refractivity contribution in [3.8, 4) is 5.75 Å². The second-order valence-corrected chi connectivity index (χ2v) is 7.10. The van der Waals surface area contributed by atoms with Crippen LogP contribution >= 0.6 is 11.6 Å². The van der Waals surface area contributed by atoms with Crippen molar-refractivity contribution >= 4 is 11.6 Å². The maximum absolute atomic E-state index is 6.28. The van der Waals surface area contributed by atoms with Crippen LogP contribution in [0.15, 0.2) is 18.2 Å². The lowest BCUT2D eigenvalue weighted by molar-refractivity contribution is 0.210. The Morgan fingerprint density at radius 1 is 1.43 bits per heavy atom. The topological polar surface area (TPSA) is 21.3 Å². The maximum Gasteiger partial charge on any atom is 0.122 e. The van der Waals surface area contributed by atoms with Gasteiger partial charge in [-0.05, 0) is 48.9 Å². The van der Waals surface area contributed by atoms with Gasteiger partial charge < -0.3 is 10.1 Å². The summed E-state index contributed by atoms with van der Waals surface area (Å²) in [7, 11) is 0. The molecule has 21 heavy (non-hydrogen) atoms. The number of halogens is 1. The fourth-order valence-electron chi connectivity index (χ4n) is 3.86. The third-order valence-electron chi connectivity index (χ3n) is 5.01. The van der Waals surface area contributed by atoms with Gasteiger partial charge in [-0.3, -0.25) is 0 Å². The zero-order valence-corrected chi connectivity index (χ0v) is 13.7. The molecule has 0 spiro atoms. The van der Waals surface area contributed by atoms with Crippen molar-refractivity contribution in [3.05, 3.63) is 29.3 Å². The normalized spacial score (nSPS) is 28.2. The molecule has 1 saturated carbocycles. The van der Waals surface area contributed by atoms with Crippen LogP contribution in [0.3, 0.4) is 0 Å². The van der Waals surface area contributed by atoms with Crippen molar-refractivity contribution < 1.29 is 4.74 Å². The smallest absolute Gasteiger partial charge is 0.122 e. The van der Waals surface area contributed by atoms with Crippen molar-refractivity contribution in [2.24, 2.45) is 5.92 Å². The number of alkyl halides is 1. The maximum atomic E-state index is 6.28. The molecule has 3 heteroatoms. The molecule has 0 radical (unpaired) electrons. The summed E-state index contributed by atoms with van der Waals surface area (Å²) >= 11 is 6.28. The second kappa shape index (κ2) is 6.58. The van der Waals surface area contributed by atoms with E-state index in [0.717, 1.165) is 43.5 Å². The van der Waals surface area contributed by atoms with Gasteiger partial charge in [-0.1, -0.05) is 31.9 Å². The average Bonchev–Trinajstić information content (AvgIpc) is 2.95. The van der Waals surface area contributed by atoms with E-state index in [4.69, 9.17) is 16.3 Å². The van der Waals surface area contributed by atoms with Crippen LogP contribution in [0, 0.1) is 5.92 Å². The highest BCUT2D eigenvalue weighted by Gasteiger charge is 2.33. The molecule has 0 amide bonds. The van der Waals surface area contributed by atoms with E-state index in [2.05, 4.69) is 30.4 Å². The Balaban J connectivity index is 1.55. The molecule has 2 unspecified atom stereocenters. The number of rotatable bonds is 5. The van der Waals surface area contributed by atoms with E-state index in [0.29, 0.717) is 0 Å². The molecule has 116 valence electrons. The van der Waals surface area contributed by atoms with Crippen molar-refractivity contribution in [3.63, 3.8) is 0 Å². The number of ether oxygens (including phenoxy) is 1. The summed E-state index contributed by atoms with van der Waals surface area (Å²) < 4.78 is 5.57. The standard InChI is InChI=1S/C18H26ClNO/c1-14-3-2-8-18(12-14,13-19)20-9-6-15-4-5-17-16(11-15)7-10-21-17/h4-5,11,14,20H,2-3,6-10,12-13H2,1H3. The van der Waals surface area contributed by atoms with Crippen molar-refractivity contribution in [1.82, 2.24) is 5.32 Å². The molecule has 1 aromatic carbocycles. The first kappa shape index (κ1) is 15.2. The summed E-state index contributed by atoms with van der Waals surface area (Å²) in [5.41, 5.74) is 2.94. The molecule has 0 saturated heterocycles. The summed E-state index contributed by atoms with van der Waals surface area (Å²) in [4.78, 5) is 0. The summed E-state index contributed by atoms with van der Waals surface area (Å²) in [5.74, 6) is 2.60. The first-order chi connectivity index (χ1) is 10.2. The Hall–Kier alpha value is -0.730. The van der Waals surface area contributed by atoms with Gasteiger partial charge in [0, 0.05) is 17.8 Å². The third kappa shape index (κ3) is 3.54. The van der Waals surface area contributed by atoms with Gasteiger partial charge in [0.25, 0.3) is 0 Å². The average molecular weight is 308 g/mol. The Labute approximate surface area is 133 Å². The third-order valence-corrected chi connectivity index (χ3v) is 5.53. The van der Waals surface area contributed by atoms with Gasteiger partial charge in [0.15, 0.2) is 0 Å². The summed E-state index contributed by atoms with van der Waals surface area (Å²) in [5, 5.41) is 3.77. The highest BCUT2D eigenvalue weighted by atomic mass is 35.5. The minimum absolute atomic E-state index is 0.166. The van der Waals surface area contributed by atoms with Crippen molar-refractivity contribution in [2.45, 2.75) is 51.0 Å². The Morgan fingerprint density at radius 3 is 3.14 bits per heavy atom. The van der Waals surface area contributed by atoms with Gasteiger partial charge >= 0.3 is 0 Å². The molecule has 1 aliphatic carbocycles. The SMILES string of the molecule is CC1CCCC(CCl)(NCCc2ccc3c(c2)CCO3)C1. The Kier molecular flexibility index (Phi) is 4.75. The number of fused-ring (bicyclic) bond motifs is 1. The zero-order chi connectivity index (χ0) is 14.7. The molecule has 0 aromatic heterocycles. The molecule has 3 rings (SSSR count). The van der Waals surface area contributed by atoms with Crippen LogP contribution in [0.2, 0.25) is 0 Å². The lowest BCUT2D eigenvalue weighted by atomic mass is 9.77. The van der Waals surface area contributed by atoms with Crippen LogP contribution in [0.4, 0.5) is 0 Å². The fraction of sp³-hybridized carbons (Fsp3) is 0.667. The monoisotopic (exact) mass is 307 g/mol. The fourth-order valence-corrected chi connectivity index (χ4v) is 4.19. The van der Waals surface area contributed by atoms with Gasteiger partial charge in [-0.25, -0.2) is 0 Å². The van der Waals surface area contributed by atoms with E-state index in [1.54, 1.807) is 0 Å². The van der Waals surface area contributed by atoms with E-state index in [1.807, 2.05) is 0 Å². The quantitative estimate of drug-likeness (QED) is 0.832. The first-order valence-corrected chi connectivity index (χ1v) is 8.80. The summed E-state index contributed by atoms with van der Waals surface area (Å²) in [6.45, 7) is 4.20. The number of nitrogens with one attached hydrogen (secondary N) is 1. The highest BCUT2D eigenvalue weighted by molar-refractivity contribution is 6.18. The predicted octanol–water partition coefficient (Wildman–Crippen LogP) is 3.94. The van der Waals surface area contributed by atoms with Gasteiger partial charge in [0.05, 0.1) is 6.61 Å². The van der Waals surface area contributed by atoms with E-state index >= 15 is 0 Å². The van der Waals surface area contributed by atoms with E-state index in [-0.39, 0.29) is 5.54 Å². The minimum atomic E-state index is 0.166. The van der Waals surface area contributed by atoms with Crippen LogP contribution in [0.5, 0.6) is 5.75 Å². The lowest BCUT2D eigenvalue weighted by Gasteiger charge is -2.39. The van der Waals surface area contributed by atoms with Gasteiger partial charge in [-0.2, -0.15) is 0 Å². The lowest BCUT2D eigenvalue weighted by Crippen LogP contribution is -2.50. The largest absolute Gasteiger partial charge is 0.493 e. The van der Waals surface area contributed by atoms with E-state index < -0.39 is 0 Å². The second-order valence-electron chi connectivity index (χ2n) is 6.83. The summed E-state index contributed by atoms with van der Waals surface area (Å²) in [6.07, 6.45) is 7.22. The zero-order valence-electron chi connectivity index (χ0n) is 13.0. The minimum Gasteiger partial charge on any atom is -0.493 e. The van der Waals surface area contributed by atoms with Crippen LogP contribution in [0.1, 0.15) is 43.7 Å². The predicted molar refractivity (Wildman–Crippen MR) is 88.4 cm³/mol. The van der Waals surface area contributed by atoms with Crippen LogP contribution in [0.25, 0.3) is 0 Å². The first-order valence-electron chi connectivity index (χ1n) is 8.26. The molecule has 2 atom stereocenters. The molecule has 1 N–H and O–H groups in total. The highest BCUT2D eigenvalue weighted by Crippen LogP contribution is 2.33. The van der Waals surface area contributed by atoms with Crippen LogP contribution in [-0.2, 0) is 12.8 Å². The van der Waals surface area contributed by atoms with Gasteiger partial charge in [0.2, 0.25) is 0 Å². The van der Waals surface area contributed by atoms with Crippen LogP contribution in [-0.4, -0.2) is 24.6 Å². The summed E-state index contributed by atoms with van der Waals surface area (Å²) in [6, 6.07) is 6.63. The molecule has 1 fully saturated rings. The number of hydrogen-bond donors (Lipinski definition) is 1. The van der Waals surface area contributed by atoms with E-state index in [1.165, 1.54) is 36.8 Å². The Bertz CT molecular complexity index is 490. The molecule has 1 aromatic rings. The van der Waals surface area contributed by atoms with Crippen molar-refractivity contribution in [1.29, 1.82) is 0 Å². The number of hydrogen-bond acceptors (Lipinski definition) is 2. The van der Waals surface area contributed by atoms with Gasteiger partial charge in [0.1, 0.15) is 5.75 Å². The Morgan fingerprint density at radius 2 is 2.33 bits per heavy atom. The molecule has 2 nitrogen and oxygen atoms in total. The molecule has 1 heterocycles. The van der Waals surface area contributed by atoms with Gasteiger partial charge in [-0.15, -0.1) is 11.6 Å². The molecular weight excluding hydrogens is 282 g/mol. The van der Waals surface area contributed by atoms with Crippen LogP contribution < -0.4 is 10.1 Å².